The van der Waals surface area contributed by atoms with Crippen LogP contribution in [0.2, 0.25) is 0 Å². The van der Waals surface area contributed by atoms with Gasteiger partial charge in [-0.1, -0.05) is 12.1 Å². The van der Waals surface area contributed by atoms with E-state index in [1.165, 1.54) is 19.0 Å². The van der Waals surface area contributed by atoms with Gasteiger partial charge in [0.15, 0.2) is 11.5 Å². The number of rotatable bonds is 4. The van der Waals surface area contributed by atoms with E-state index in [9.17, 15) is 9.90 Å². The number of hydrogen-bond acceptors (Lipinski definition) is 5. The normalized spacial score (nSPS) is 16.5. The molecule has 0 saturated carbocycles. The molecule has 3 rings (SSSR count). The number of phenols is 1. The van der Waals surface area contributed by atoms with Gasteiger partial charge in [-0.05, 0) is 35.9 Å². The molecule has 1 unspecified atom stereocenters. The molecular formula is C19H20N2O4. The van der Waals surface area contributed by atoms with Crippen LogP contribution in [-0.2, 0) is 4.79 Å². The molecule has 1 heterocycles. The number of carbonyl (C=O) groups is 1. The highest BCUT2D eigenvalue weighted by molar-refractivity contribution is 6.03. The predicted molar refractivity (Wildman–Crippen MR) is 94.1 cm³/mol. The second-order valence-electron chi connectivity index (χ2n) is 5.76. The Bertz CT molecular complexity index is 815. The van der Waals surface area contributed by atoms with Crippen molar-refractivity contribution in [2.24, 2.45) is 5.10 Å². The monoisotopic (exact) mass is 340 g/mol. The van der Waals surface area contributed by atoms with Crippen molar-refractivity contribution in [3.05, 3.63) is 53.6 Å². The van der Waals surface area contributed by atoms with Gasteiger partial charge in [0, 0.05) is 18.9 Å². The third-order valence-electron chi connectivity index (χ3n) is 4.27. The Labute approximate surface area is 146 Å². The largest absolute Gasteiger partial charge is 0.504 e. The second-order valence-corrected chi connectivity index (χ2v) is 5.76. The standard InChI is InChI=1S/C19H20N2O4/c1-12(22)21-17(15-5-4-6-18(25-3)19(15)23)11-16(20-21)13-7-9-14(24-2)10-8-13/h4-10,17,23H,11H2,1-3H3. The van der Waals surface area contributed by atoms with Gasteiger partial charge in [-0.2, -0.15) is 5.10 Å². The topological polar surface area (TPSA) is 71.4 Å². The molecule has 0 spiro atoms. The molecule has 1 amide bonds. The number of ether oxygens (including phenoxy) is 2. The Hall–Kier alpha value is -3.02. The molecule has 25 heavy (non-hydrogen) atoms. The van der Waals surface area contributed by atoms with E-state index in [0.29, 0.717) is 17.7 Å². The van der Waals surface area contributed by atoms with Gasteiger partial charge < -0.3 is 14.6 Å². The van der Waals surface area contributed by atoms with Gasteiger partial charge in [-0.25, -0.2) is 5.01 Å². The van der Waals surface area contributed by atoms with Crippen molar-refractivity contribution in [1.82, 2.24) is 5.01 Å². The fourth-order valence-electron chi connectivity index (χ4n) is 2.97. The smallest absolute Gasteiger partial charge is 0.240 e. The lowest BCUT2D eigenvalue weighted by atomic mass is 9.97. The molecule has 1 N–H and O–H groups in total. The molecule has 0 aromatic heterocycles. The van der Waals surface area contributed by atoms with Gasteiger partial charge in [-0.3, -0.25) is 4.79 Å². The molecule has 2 aromatic carbocycles. The number of benzene rings is 2. The Kier molecular flexibility index (Phi) is 4.61. The lowest BCUT2D eigenvalue weighted by molar-refractivity contribution is -0.130. The summed E-state index contributed by atoms with van der Waals surface area (Å²) >= 11 is 0. The van der Waals surface area contributed by atoms with Crippen LogP contribution in [0.1, 0.15) is 30.5 Å². The van der Waals surface area contributed by atoms with Crippen LogP contribution in [0, 0.1) is 0 Å². The predicted octanol–water partition coefficient (Wildman–Crippen LogP) is 3.11. The molecule has 1 aliphatic rings. The van der Waals surface area contributed by atoms with E-state index in [0.717, 1.165) is 17.0 Å². The van der Waals surface area contributed by atoms with Gasteiger partial charge >= 0.3 is 0 Å². The first kappa shape index (κ1) is 16.8. The third-order valence-corrected chi connectivity index (χ3v) is 4.27. The van der Waals surface area contributed by atoms with Crippen LogP contribution in [0.15, 0.2) is 47.6 Å². The lowest BCUT2D eigenvalue weighted by Crippen LogP contribution is -2.24. The molecule has 0 bridgehead atoms. The van der Waals surface area contributed by atoms with Crippen LogP contribution in [0.4, 0.5) is 0 Å². The number of hydrogen-bond donors (Lipinski definition) is 1. The first-order chi connectivity index (χ1) is 12.0. The zero-order chi connectivity index (χ0) is 18.0. The number of aromatic hydroxyl groups is 1. The fraction of sp³-hybridized carbons (Fsp3) is 0.263. The summed E-state index contributed by atoms with van der Waals surface area (Å²) in [6, 6.07) is 12.4. The van der Waals surface area contributed by atoms with Gasteiger partial charge in [-0.15, -0.1) is 0 Å². The van der Waals surface area contributed by atoms with Crippen molar-refractivity contribution >= 4 is 11.6 Å². The molecular weight excluding hydrogens is 320 g/mol. The zero-order valence-corrected chi connectivity index (χ0v) is 14.4. The summed E-state index contributed by atoms with van der Waals surface area (Å²) in [6.07, 6.45) is 0.507. The highest BCUT2D eigenvalue weighted by atomic mass is 16.5. The van der Waals surface area contributed by atoms with Crippen LogP contribution in [0.25, 0.3) is 0 Å². The third kappa shape index (κ3) is 3.15. The minimum atomic E-state index is -0.371. The first-order valence-corrected chi connectivity index (χ1v) is 7.92. The van der Waals surface area contributed by atoms with E-state index >= 15 is 0 Å². The van der Waals surface area contributed by atoms with Crippen molar-refractivity contribution in [2.75, 3.05) is 14.2 Å². The summed E-state index contributed by atoms with van der Waals surface area (Å²) in [5.74, 6) is 0.981. The molecule has 0 saturated heterocycles. The van der Waals surface area contributed by atoms with Crippen molar-refractivity contribution in [3.63, 3.8) is 0 Å². The van der Waals surface area contributed by atoms with E-state index in [1.807, 2.05) is 24.3 Å². The van der Waals surface area contributed by atoms with E-state index in [2.05, 4.69) is 5.10 Å². The molecule has 1 atom stereocenters. The zero-order valence-electron chi connectivity index (χ0n) is 14.4. The van der Waals surface area contributed by atoms with Crippen LogP contribution >= 0.6 is 0 Å². The molecule has 0 fully saturated rings. The van der Waals surface area contributed by atoms with Gasteiger partial charge in [0.2, 0.25) is 5.91 Å². The summed E-state index contributed by atoms with van der Waals surface area (Å²) < 4.78 is 10.3. The maximum Gasteiger partial charge on any atom is 0.240 e. The van der Waals surface area contributed by atoms with Gasteiger partial charge in [0.05, 0.1) is 26.0 Å². The summed E-state index contributed by atoms with van der Waals surface area (Å²) in [4.78, 5) is 12.1. The second kappa shape index (κ2) is 6.84. The minimum Gasteiger partial charge on any atom is -0.504 e. The van der Waals surface area contributed by atoms with Crippen LogP contribution < -0.4 is 9.47 Å². The lowest BCUT2D eigenvalue weighted by Gasteiger charge is -2.22. The summed E-state index contributed by atoms with van der Waals surface area (Å²) in [5.41, 5.74) is 2.31. The maximum absolute atomic E-state index is 12.1. The first-order valence-electron chi connectivity index (χ1n) is 7.92. The summed E-state index contributed by atoms with van der Waals surface area (Å²) in [5, 5.41) is 16.3. The number of para-hydroxylation sites is 1. The van der Waals surface area contributed by atoms with Crippen LogP contribution in [0.5, 0.6) is 17.2 Å². The van der Waals surface area contributed by atoms with Gasteiger partial charge in [0.1, 0.15) is 5.75 Å². The van der Waals surface area contributed by atoms with E-state index < -0.39 is 0 Å². The molecule has 130 valence electrons. The molecule has 0 aliphatic carbocycles. The van der Waals surface area contributed by atoms with E-state index in [4.69, 9.17) is 9.47 Å². The average Bonchev–Trinajstić information content (AvgIpc) is 3.07. The molecule has 1 aliphatic heterocycles. The van der Waals surface area contributed by atoms with Crippen molar-refractivity contribution in [2.45, 2.75) is 19.4 Å². The average molecular weight is 340 g/mol. The Morgan fingerprint density at radius 1 is 1.16 bits per heavy atom. The Morgan fingerprint density at radius 2 is 1.88 bits per heavy atom. The van der Waals surface area contributed by atoms with Crippen molar-refractivity contribution < 1.29 is 19.4 Å². The van der Waals surface area contributed by atoms with E-state index in [-0.39, 0.29) is 17.7 Å². The van der Waals surface area contributed by atoms with Crippen molar-refractivity contribution in [3.8, 4) is 17.2 Å². The van der Waals surface area contributed by atoms with Crippen molar-refractivity contribution in [1.29, 1.82) is 0 Å². The summed E-state index contributed by atoms with van der Waals surface area (Å²) in [7, 11) is 3.11. The summed E-state index contributed by atoms with van der Waals surface area (Å²) in [6.45, 7) is 1.46. The molecule has 0 radical (unpaired) electrons. The number of nitrogens with zero attached hydrogens (tertiary/aromatic N) is 2. The van der Waals surface area contributed by atoms with Crippen LogP contribution in [0.3, 0.4) is 0 Å². The molecule has 6 nitrogen and oxygen atoms in total. The molecule has 2 aromatic rings. The SMILES string of the molecule is COc1ccc(C2=NN(C(C)=O)C(c3cccc(OC)c3O)C2)cc1. The molecule has 6 heteroatoms. The Morgan fingerprint density at radius 3 is 2.48 bits per heavy atom. The van der Waals surface area contributed by atoms with Gasteiger partial charge in [0.25, 0.3) is 0 Å². The number of carbonyl (C=O) groups excluding carboxylic acids is 1. The number of phenolic OH excluding ortho intramolecular Hbond substituents is 1. The Balaban J connectivity index is 1.96. The highest BCUT2D eigenvalue weighted by Gasteiger charge is 2.33. The van der Waals surface area contributed by atoms with E-state index in [1.54, 1.807) is 25.3 Å². The fourth-order valence-corrected chi connectivity index (χ4v) is 2.97. The maximum atomic E-state index is 12.1. The van der Waals surface area contributed by atoms with Crippen LogP contribution in [-0.4, -0.2) is 36.0 Å². The quantitative estimate of drug-likeness (QED) is 0.928. The number of amides is 1. The highest BCUT2D eigenvalue weighted by Crippen LogP contribution is 2.41. The minimum absolute atomic E-state index is 0.0347. The number of hydrazone groups is 1. The number of methoxy groups -OCH3 is 2.